The lowest BCUT2D eigenvalue weighted by molar-refractivity contribution is -0.275. The van der Waals surface area contributed by atoms with Crippen molar-refractivity contribution in [2.24, 2.45) is 0 Å². The zero-order valence-corrected chi connectivity index (χ0v) is 19.9. The minimum atomic E-state index is -5.29. The minimum absolute atomic E-state index is 0.0179. The molecule has 0 fully saturated rings. The van der Waals surface area contributed by atoms with Crippen LogP contribution in [0.15, 0.2) is 36.5 Å². The van der Waals surface area contributed by atoms with E-state index in [0.717, 1.165) is 6.07 Å². The number of Topliss-reactive ketones (excluding diaryl/α,β-unsaturated/α-hetero) is 1. The Morgan fingerprint density at radius 2 is 1.68 bits per heavy atom. The summed E-state index contributed by atoms with van der Waals surface area (Å²) in [6.07, 6.45) is -3.91. The molecule has 0 aliphatic carbocycles. The number of nitrogens with one attached hydrogen (secondary N) is 1. The Bertz CT molecular complexity index is 1460. The molecule has 12 heteroatoms. The van der Waals surface area contributed by atoms with Crippen LogP contribution >= 0.6 is 0 Å². The van der Waals surface area contributed by atoms with Crippen molar-refractivity contribution in [3.63, 3.8) is 0 Å². The standard InChI is InChI=1S/C25H22F4N2O6/c1-12-6-7-17(36-19-9-8-18(37-25(27,28)29)21(26)23(19)35-5)20(22(12)34-4)24(33)31-15-10-16(14(3)32)30-11-13(15)2/h6-11H,1-5H3,(H,30,31,33)/i5D3. The normalized spacial score (nSPS) is 12.6. The van der Waals surface area contributed by atoms with Crippen LogP contribution in [0.4, 0.5) is 23.2 Å². The second kappa shape index (κ2) is 10.7. The van der Waals surface area contributed by atoms with Crippen molar-refractivity contribution in [2.75, 3.05) is 19.5 Å². The lowest BCUT2D eigenvalue weighted by atomic mass is 10.1. The molecule has 3 rings (SSSR count). The van der Waals surface area contributed by atoms with Gasteiger partial charge in [0.25, 0.3) is 5.91 Å². The number of aromatic nitrogens is 1. The van der Waals surface area contributed by atoms with Crippen molar-refractivity contribution in [1.82, 2.24) is 4.98 Å². The van der Waals surface area contributed by atoms with Crippen LogP contribution in [0.25, 0.3) is 0 Å². The molecule has 3 aromatic rings. The molecular weight excluding hydrogens is 500 g/mol. The largest absolute Gasteiger partial charge is 0.573 e. The molecule has 1 heterocycles. The van der Waals surface area contributed by atoms with E-state index in [9.17, 15) is 27.2 Å². The first-order valence-electron chi connectivity index (χ1n) is 11.9. The van der Waals surface area contributed by atoms with Crippen LogP contribution in [0.5, 0.6) is 28.7 Å². The van der Waals surface area contributed by atoms with Crippen molar-refractivity contribution >= 4 is 17.4 Å². The number of pyridine rings is 1. The number of hydrogen-bond acceptors (Lipinski definition) is 7. The molecule has 37 heavy (non-hydrogen) atoms. The molecule has 0 unspecified atom stereocenters. The lowest BCUT2D eigenvalue weighted by Crippen LogP contribution is -2.18. The van der Waals surface area contributed by atoms with E-state index in [4.69, 9.17) is 13.6 Å². The number of methoxy groups -OCH3 is 2. The number of halogens is 4. The van der Waals surface area contributed by atoms with E-state index in [0.29, 0.717) is 17.2 Å². The Morgan fingerprint density at radius 1 is 1.00 bits per heavy atom. The van der Waals surface area contributed by atoms with E-state index in [2.05, 4.69) is 19.8 Å². The number of carbonyl (C=O) groups is 2. The quantitative estimate of drug-likeness (QED) is 0.285. The third-order valence-corrected chi connectivity index (χ3v) is 5.03. The lowest BCUT2D eigenvalue weighted by Gasteiger charge is -2.19. The third-order valence-electron chi connectivity index (χ3n) is 5.03. The molecule has 0 spiro atoms. The predicted molar refractivity (Wildman–Crippen MR) is 124 cm³/mol. The molecule has 0 radical (unpaired) electrons. The molecule has 1 amide bonds. The number of alkyl halides is 3. The molecular formula is C25H22F4N2O6. The number of anilines is 1. The molecule has 8 nitrogen and oxygen atoms in total. The Morgan fingerprint density at radius 3 is 2.30 bits per heavy atom. The summed E-state index contributed by atoms with van der Waals surface area (Å²) in [6, 6.07) is 5.45. The fourth-order valence-electron chi connectivity index (χ4n) is 3.29. The van der Waals surface area contributed by atoms with Gasteiger partial charge < -0.3 is 24.3 Å². The molecule has 0 saturated heterocycles. The van der Waals surface area contributed by atoms with Crippen molar-refractivity contribution < 1.29 is 50.2 Å². The van der Waals surface area contributed by atoms with Crippen LogP contribution in [0, 0.1) is 19.7 Å². The van der Waals surface area contributed by atoms with Gasteiger partial charge in [0.05, 0.1) is 18.3 Å². The third kappa shape index (κ3) is 6.08. The highest BCUT2D eigenvalue weighted by Crippen LogP contribution is 2.42. The van der Waals surface area contributed by atoms with Gasteiger partial charge in [0.2, 0.25) is 11.6 Å². The topological polar surface area (TPSA) is 96.0 Å². The molecule has 0 atom stereocenters. The maximum atomic E-state index is 15.0. The summed E-state index contributed by atoms with van der Waals surface area (Å²) in [5.74, 6) is -6.51. The van der Waals surface area contributed by atoms with E-state index >= 15 is 0 Å². The minimum Gasteiger partial charge on any atom is -0.495 e. The second-order valence-corrected chi connectivity index (χ2v) is 7.64. The molecule has 0 aliphatic heterocycles. The van der Waals surface area contributed by atoms with Crippen LogP contribution in [-0.2, 0) is 0 Å². The predicted octanol–water partition coefficient (Wildman–Crippen LogP) is 6.00. The summed E-state index contributed by atoms with van der Waals surface area (Å²) in [6.45, 7) is 4.53. The number of aryl methyl sites for hydroxylation is 2. The highest BCUT2D eigenvalue weighted by molar-refractivity contribution is 6.09. The Hall–Kier alpha value is -4.35. The maximum absolute atomic E-state index is 15.0. The highest BCUT2D eigenvalue weighted by Gasteiger charge is 2.34. The van der Waals surface area contributed by atoms with Gasteiger partial charge in [-0.2, -0.15) is 4.39 Å². The van der Waals surface area contributed by atoms with Crippen LogP contribution < -0.4 is 24.3 Å². The van der Waals surface area contributed by atoms with E-state index in [1.54, 1.807) is 13.8 Å². The Labute approximate surface area is 213 Å². The van der Waals surface area contributed by atoms with Gasteiger partial charge in [-0.05, 0) is 49.2 Å². The molecule has 0 bridgehead atoms. The smallest absolute Gasteiger partial charge is 0.495 e. The number of hydrogen-bond donors (Lipinski definition) is 1. The first-order chi connectivity index (χ1) is 18.5. The van der Waals surface area contributed by atoms with Crippen molar-refractivity contribution in [3.05, 3.63) is 64.7 Å². The highest BCUT2D eigenvalue weighted by atomic mass is 19.4. The first kappa shape index (κ1) is 23.1. The zero-order chi connectivity index (χ0) is 30.0. The number of carbonyl (C=O) groups excluding carboxylic acids is 2. The van der Waals surface area contributed by atoms with Gasteiger partial charge in [-0.1, -0.05) is 6.07 Å². The Kier molecular flexibility index (Phi) is 6.69. The van der Waals surface area contributed by atoms with Crippen molar-refractivity contribution in [3.8, 4) is 28.7 Å². The van der Waals surface area contributed by atoms with E-state index in [1.165, 1.54) is 38.4 Å². The van der Waals surface area contributed by atoms with E-state index < -0.39 is 42.4 Å². The van der Waals surface area contributed by atoms with Gasteiger partial charge in [-0.15, -0.1) is 13.2 Å². The van der Waals surface area contributed by atoms with Crippen LogP contribution in [0.1, 0.15) is 43.0 Å². The summed E-state index contributed by atoms with van der Waals surface area (Å²) < 4.78 is 94.3. The van der Waals surface area contributed by atoms with Crippen LogP contribution in [0.3, 0.4) is 0 Å². The van der Waals surface area contributed by atoms with Crippen LogP contribution in [-0.4, -0.2) is 37.2 Å². The number of nitrogens with zero attached hydrogens (tertiary/aromatic N) is 1. The summed E-state index contributed by atoms with van der Waals surface area (Å²) >= 11 is 0. The summed E-state index contributed by atoms with van der Waals surface area (Å²) in [4.78, 5) is 29.2. The SMILES string of the molecule is [2H]C([2H])([2H])Oc1c(Oc2ccc(C)c(OC)c2C(=O)Nc2cc(C(C)=O)ncc2C)ccc(OC(F)(F)F)c1F. The number of rotatable bonds is 8. The fourth-order valence-corrected chi connectivity index (χ4v) is 3.29. The molecule has 0 aliphatic rings. The van der Waals surface area contributed by atoms with Crippen molar-refractivity contribution in [2.45, 2.75) is 27.1 Å². The molecule has 2 aromatic carbocycles. The van der Waals surface area contributed by atoms with Gasteiger partial charge in [0.1, 0.15) is 22.8 Å². The number of ether oxygens (including phenoxy) is 4. The number of ketones is 1. The van der Waals surface area contributed by atoms with E-state index in [-0.39, 0.29) is 34.2 Å². The molecule has 1 aromatic heterocycles. The fraction of sp³-hybridized carbons (Fsp3) is 0.240. The van der Waals surface area contributed by atoms with Gasteiger partial charge >= 0.3 is 6.36 Å². The summed E-state index contributed by atoms with van der Waals surface area (Å²) in [5.41, 5.74) is 1.04. The van der Waals surface area contributed by atoms with Gasteiger partial charge in [0, 0.05) is 18.8 Å². The zero-order valence-electron chi connectivity index (χ0n) is 22.9. The summed E-state index contributed by atoms with van der Waals surface area (Å²) in [5, 5.41) is 2.62. The van der Waals surface area contributed by atoms with Crippen molar-refractivity contribution in [1.29, 1.82) is 0 Å². The molecule has 0 saturated carbocycles. The average Bonchev–Trinajstić information content (AvgIpc) is 2.83. The summed E-state index contributed by atoms with van der Waals surface area (Å²) in [7, 11) is -2.03. The van der Waals surface area contributed by atoms with Crippen LogP contribution in [0.2, 0.25) is 0 Å². The van der Waals surface area contributed by atoms with E-state index in [1.807, 2.05) is 0 Å². The first-order valence-corrected chi connectivity index (χ1v) is 10.4. The number of amides is 1. The van der Waals surface area contributed by atoms with Gasteiger partial charge in [-0.3, -0.25) is 14.6 Å². The maximum Gasteiger partial charge on any atom is 0.573 e. The molecule has 196 valence electrons. The number of benzene rings is 2. The monoisotopic (exact) mass is 525 g/mol. The molecule has 1 N–H and O–H groups in total. The Balaban J connectivity index is 2.12. The second-order valence-electron chi connectivity index (χ2n) is 7.64. The van der Waals surface area contributed by atoms with Gasteiger partial charge in [0.15, 0.2) is 17.3 Å². The van der Waals surface area contributed by atoms with Gasteiger partial charge in [-0.25, -0.2) is 0 Å². The average molecular weight is 525 g/mol.